The van der Waals surface area contributed by atoms with Crippen LogP contribution in [0.2, 0.25) is 0 Å². The molecule has 1 unspecified atom stereocenters. The Bertz CT molecular complexity index is 538. The number of rotatable bonds is 5. The number of hydrogen-bond acceptors (Lipinski definition) is 4. The normalized spacial score (nSPS) is 17.2. The Kier molecular flexibility index (Phi) is 4.77. The Hall–Kier alpha value is -2.11. The van der Waals surface area contributed by atoms with E-state index >= 15 is 0 Å². The third kappa shape index (κ3) is 3.71. The van der Waals surface area contributed by atoms with Gasteiger partial charge in [0, 0.05) is 17.3 Å². The van der Waals surface area contributed by atoms with Gasteiger partial charge in [-0.2, -0.15) is 0 Å². The number of aryl methyl sites for hydroxylation is 1. The van der Waals surface area contributed by atoms with Gasteiger partial charge in [-0.05, 0) is 31.7 Å². The van der Waals surface area contributed by atoms with E-state index < -0.39 is 16.9 Å². The lowest BCUT2D eigenvalue weighted by Gasteiger charge is -2.28. The van der Waals surface area contributed by atoms with Crippen molar-refractivity contribution in [2.24, 2.45) is 5.92 Å². The number of anilines is 1. The van der Waals surface area contributed by atoms with Crippen molar-refractivity contribution in [3.63, 3.8) is 0 Å². The molecule has 1 aromatic carbocycles. The topological polar surface area (TPSA) is 92.5 Å². The molecule has 0 saturated heterocycles. The lowest BCUT2D eigenvalue weighted by molar-refractivity contribution is -0.385. The molecule has 0 amide bonds. The van der Waals surface area contributed by atoms with Gasteiger partial charge < -0.3 is 10.4 Å². The maximum Gasteiger partial charge on any atom is 0.326 e. The summed E-state index contributed by atoms with van der Waals surface area (Å²) in [6.45, 7) is 1.66. The van der Waals surface area contributed by atoms with Crippen molar-refractivity contribution >= 4 is 17.3 Å². The molecule has 6 heteroatoms. The zero-order valence-electron chi connectivity index (χ0n) is 12.0. The van der Waals surface area contributed by atoms with E-state index in [1.54, 1.807) is 19.1 Å². The molecular weight excluding hydrogens is 272 g/mol. The van der Waals surface area contributed by atoms with Crippen molar-refractivity contribution in [3.8, 4) is 0 Å². The number of nitro groups is 1. The molecule has 0 spiro atoms. The summed E-state index contributed by atoms with van der Waals surface area (Å²) in [7, 11) is 0. The number of nitrogens with zero attached hydrogens (tertiary/aromatic N) is 1. The second kappa shape index (κ2) is 6.56. The van der Waals surface area contributed by atoms with E-state index in [1.165, 1.54) is 6.07 Å². The number of carbonyl (C=O) groups is 1. The summed E-state index contributed by atoms with van der Waals surface area (Å²) in [5.74, 6) is -0.818. The number of benzene rings is 1. The van der Waals surface area contributed by atoms with Crippen LogP contribution in [-0.4, -0.2) is 22.0 Å². The summed E-state index contributed by atoms with van der Waals surface area (Å²) in [6.07, 6.45) is 5.02. The first-order valence-electron chi connectivity index (χ1n) is 7.23. The smallest absolute Gasteiger partial charge is 0.326 e. The van der Waals surface area contributed by atoms with Crippen LogP contribution in [0.5, 0.6) is 0 Å². The van der Waals surface area contributed by atoms with E-state index in [0.29, 0.717) is 11.3 Å². The van der Waals surface area contributed by atoms with Gasteiger partial charge in [0.05, 0.1) is 4.92 Å². The second-order valence-electron chi connectivity index (χ2n) is 5.62. The molecule has 1 aliphatic carbocycles. The molecule has 0 aromatic heterocycles. The van der Waals surface area contributed by atoms with Gasteiger partial charge in [0.25, 0.3) is 5.69 Å². The summed E-state index contributed by atoms with van der Waals surface area (Å²) in [5.41, 5.74) is 1.06. The summed E-state index contributed by atoms with van der Waals surface area (Å²) in [5, 5.41) is 23.3. The van der Waals surface area contributed by atoms with Crippen LogP contribution in [0.4, 0.5) is 11.4 Å². The van der Waals surface area contributed by atoms with Gasteiger partial charge in [-0.3, -0.25) is 10.1 Å². The fourth-order valence-corrected chi connectivity index (χ4v) is 2.92. The molecule has 6 nitrogen and oxygen atoms in total. The number of nitro benzene ring substituents is 1. The third-order valence-corrected chi connectivity index (χ3v) is 4.12. The molecule has 2 N–H and O–H groups in total. The second-order valence-corrected chi connectivity index (χ2v) is 5.62. The molecule has 0 heterocycles. The van der Waals surface area contributed by atoms with Crippen LogP contribution in [0.15, 0.2) is 18.2 Å². The molecule has 1 saturated carbocycles. The average molecular weight is 292 g/mol. The highest BCUT2D eigenvalue weighted by molar-refractivity contribution is 5.78. The highest BCUT2D eigenvalue weighted by atomic mass is 16.6. The van der Waals surface area contributed by atoms with Crippen LogP contribution in [-0.2, 0) is 4.79 Å². The highest BCUT2D eigenvalue weighted by Crippen LogP contribution is 2.30. The highest BCUT2D eigenvalue weighted by Gasteiger charge is 2.29. The predicted octanol–water partition coefficient (Wildman–Crippen LogP) is 3.35. The van der Waals surface area contributed by atoms with E-state index in [9.17, 15) is 20.0 Å². The van der Waals surface area contributed by atoms with Crippen molar-refractivity contribution in [2.75, 3.05) is 5.32 Å². The van der Waals surface area contributed by atoms with Gasteiger partial charge in [0.2, 0.25) is 0 Å². The summed E-state index contributed by atoms with van der Waals surface area (Å²) in [6, 6.07) is 4.06. The van der Waals surface area contributed by atoms with Crippen LogP contribution in [0.3, 0.4) is 0 Å². The Morgan fingerprint density at radius 2 is 2.05 bits per heavy atom. The van der Waals surface area contributed by atoms with Crippen LogP contribution in [0.25, 0.3) is 0 Å². The van der Waals surface area contributed by atoms with Crippen molar-refractivity contribution in [2.45, 2.75) is 45.1 Å². The van der Waals surface area contributed by atoms with Gasteiger partial charge in [-0.25, -0.2) is 4.79 Å². The van der Waals surface area contributed by atoms with Crippen LogP contribution in [0.1, 0.15) is 37.7 Å². The molecule has 0 bridgehead atoms. The maximum absolute atomic E-state index is 11.5. The van der Waals surface area contributed by atoms with Gasteiger partial charge in [-0.1, -0.05) is 25.3 Å². The Labute approximate surface area is 123 Å². The minimum absolute atomic E-state index is 0.00721. The summed E-state index contributed by atoms with van der Waals surface area (Å²) < 4.78 is 0. The lowest BCUT2D eigenvalue weighted by Crippen LogP contribution is -2.38. The van der Waals surface area contributed by atoms with Crippen LogP contribution in [0, 0.1) is 23.0 Å². The monoisotopic (exact) mass is 292 g/mol. The molecule has 0 radical (unpaired) electrons. The van der Waals surface area contributed by atoms with E-state index in [1.807, 2.05) is 0 Å². The zero-order valence-corrected chi connectivity index (χ0v) is 12.0. The van der Waals surface area contributed by atoms with Crippen molar-refractivity contribution in [3.05, 3.63) is 33.9 Å². The largest absolute Gasteiger partial charge is 0.480 e. The minimum Gasteiger partial charge on any atom is -0.480 e. The van der Waals surface area contributed by atoms with E-state index in [4.69, 9.17) is 0 Å². The minimum atomic E-state index is -0.898. The Morgan fingerprint density at radius 1 is 1.38 bits per heavy atom. The summed E-state index contributed by atoms with van der Waals surface area (Å²) in [4.78, 5) is 22.0. The quantitative estimate of drug-likeness (QED) is 0.641. The van der Waals surface area contributed by atoms with E-state index in [-0.39, 0.29) is 11.6 Å². The molecule has 0 aliphatic heterocycles. The van der Waals surface area contributed by atoms with Crippen molar-refractivity contribution in [1.29, 1.82) is 0 Å². The number of hydrogen-bond donors (Lipinski definition) is 2. The molecule has 114 valence electrons. The van der Waals surface area contributed by atoms with E-state index in [2.05, 4.69) is 5.32 Å². The Balaban J connectivity index is 2.18. The molecule has 2 rings (SSSR count). The van der Waals surface area contributed by atoms with Crippen LogP contribution >= 0.6 is 0 Å². The number of aliphatic carboxylic acids is 1. The Morgan fingerprint density at radius 3 is 2.62 bits per heavy atom. The number of carboxylic acid groups (broad SMARTS) is 1. The van der Waals surface area contributed by atoms with Gasteiger partial charge in [0.15, 0.2) is 0 Å². The van der Waals surface area contributed by atoms with Gasteiger partial charge in [0.1, 0.15) is 6.04 Å². The SMILES string of the molecule is Cc1ccc(NC(C(=O)O)C2CCCCC2)cc1[N+](=O)[O-]. The first-order valence-corrected chi connectivity index (χ1v) is 7.23. The molecule has 1 atom stereocenters. The fraction of sp³-hybridized carbons (Fsp3) is 0.533. The third-order valence-electron chi connectivity index (χ3n) is 4.12. The zero-order chi connectivity index (χ0) is 15.4. The van der Waals surface area contributed by atoms with Crippen molar-refractivity contribution < 1.29 is 14.8 Å². The first-order chi connectivity index (χ1) is 9.99. The molecule has 1 aromatic rings. The lowest BCUT2D eigenvalue weighted by atomic mass is 9.84. The van der Waals surface area contributed by atoms with Crippen molar-refractivity contribution in [1.82, 2.24) is 0 Å². The average Bonchev–Trinajstić information content (AvgIpc) is 2.46. The number of nitrogens with one attached hydrogen (secondary N) is 1. The molecule has 1 fully saturated rings. The first kappa shape index (κ1) is 15.3. The van der Waals surface area contributed by atoms with E-state index in [0.717, 1.165) is 32.1 Å². The standard InChI is InChI=1S/C15H20N2O4/c1-10-7-8-12(9-13(10)17(20)21)16-14(15(18)19)11-5-3-2-4-6-11/h7-9,11,14,16H,2-6H2,1H3,(H,18,19). The van der Waals surface area contributed by atoms with Gasteiger partial charge >= 0.3 is 5.97 Å². The summed E-state index contributed by atoms with van der Waals surface area (Å²) >= 11 is 0. The maximum atomic E-state index is 11.5. The van der Waals surface area contributed by atoms with Gasteiger partial charge in [-0.15, -0.1) is 0 Å². The van der Waals surface area contributed by atoms with Crippen LogP contribution < -0.4 is 5.32 Å². The molecular formula is C15H20N2O4. The molecule has 1 aliphatic rings. The fourth-order valence-electron chi connectivity index (χ4n) is 2.92. The molecule has 21 heavy (non-hydrogen) atoms. The predicted molar refractivity (Wildman–Crippen MR) is 79.5 cm³/mol. The number of carboxylic acids is 1.